The third-order valence-electron chi connectivity index (χ3n) is 5.61. The van der Waals surface area contributed by atoms with E-state index in [4.69, 9.17) is 0 Å². The van der Waals surface area contributed by atoms with Gasteiger partial charge in [-0.3, -0.25) is 4.79 Å². The first-order chi connectivity index (χ1) is 16.4. The normalized spacial score (nSPS) is 11.8. The van der Waals surface area contributed by atoms with E-state index in [0.29, 0.717) is 6.54 Å². The predicted octanol–water partition coefficient (Wildman–Crippen LogP) is 5.76. The van der Waals surface area contributed by atoms with Crippen molar-refractivity contribution >= 4 is 23.5 Å². The molecule has 2 N–H and O–H groups in total. The van der Waals surface area contributed by atoms with Gasteiger partial charge in [-0.05, 0) is 84.3 Å². The van der Waals surface area contributed by atoms with Gasteiger partial charge in [0.25, 0.3) is 0 Å². The highest BCUT2D eigenvalue weighted by Crippen LogP contribution is 2.18. The van der Waals surface area contributed by atoms with Crippen molar-refractivity contribution in [2.75, 3.05) is 19.0 Å². The molecule has 1 unspecified atom stereocenters. The van der Waals surface area contributed by atoms with Gasteiger partial charge >= 0.3 is 0 Å². The van der Waals surface area contributed by atoms with Crippen LogP contribution in [0.3, 0.4) is 0 Å². The molecule has 4 nitrogen and oxygen atoms in total. The predicted molar refractivity (Wildman–Crippen MR) is 141 cm³/mol. The van der Waals surface area contributed by atoms with E-state index < -0.39 is 0 Å². The van der Waals surface area contributed by atoms with Crippen molar-refractivity contribution in [1.82, 2.24) is 10.0 Å². The van der Waals surface area contributed by atoms with Gasteiger partial charge in [0.1, 0.15) is 5.82 Å². The molecule has 34 heavy (non-hydrogen) atoms. The molecule has 0 spiro atoms. The Morgan fingerprint density at radius 1 is 0.941 bits per heavy atom. The van der Waals surface area contributed by atoms with Crippen molar-refractivity contribution in [3.63, 3.8) is 0 Å². The Morgan fingerprint density at radius 3 is 2.26 bits per heavy atom. The SMILES string of the molecule is CCCC(NSc1ccc(F)cc1)C(=O)NCc1cccc(CCc2cccc(N(C)C)c2)c1. The minimum Gasteiger partial charge on any atom is -0.378 e. The first-order valence-electron chi connectivity index (χ1n) is 11.7. The number of hydrogen-bond acceptors (Lipinski definition) is 4. The van der Waals surface area contributed by atoms with E-state index in [-0.39, 0.29) is 17.8 Å². The van der Waals surface area contributed by atoms with E-state index in [2.05, 4.69) is 78.4 Å². The Balaban J connectivity index is 1.52. The molecule has 1 atom stereocenters. The summed E-state index contributed by atoms with van der Waals surface area (Å²) < 4.78 is 16.3. The Hall–Kier alpha value is -2.83. The molecule has 0 radical (unpaired) electrons. The number of hydrogen-bond donors (Lipinski definition) is 2. The second-order valence-electron chi connectivity index (χ2n) is 8.62. The van der Waals surface area contributed by atoms with Crippen LogP contribution in [0.4, 0.5) is 10.1 Å². The molecule has 0 aliphatic heterocycles. The summed E-state index contributed by atoms with van der Waals surface area (Å²) >= 11 is 1.36. The molecule has 0 bridgehead atoms. The summed E-state index contributed by atoms with van der Waals surface area (Å²) in [6, 6.07) is 23.0. The number of halogens is 1. The van der Waals surface area contributed by atoms with E-state index in [0.717, 1.165) is 36.1 Å². The molecule has 0 saturated heterocycles. The number of carbonyl (C=O) groups excluding carboxylic acids is 1. The largest absolute Gasteiger partial charge is 0.378 e. The summed E-state index contributed by atoms with van der Waals surface area (Å²) in [5, 5.41) is 3.07. The van der Waals surface area contributed by atoms with Crippen molar-refractivity contribution in [3.05, 3.63) is 95.3 Å². The molecule has 6 heteroatoms. The number of carbonyl (C=O) groups is 1. The summed E-state index contributed by atoms with van der Waals surface area (Å²) in [6.45, 7) is 2.55. The van der Waals surface area contributed by atoms with E-state index in [1.807, 2.05) is 6.07 Å². The van der Waals surface area contributed by atoms with Crippen LogP contribution in [0.15, 0.2) is 77.7 Å². The number of amides is 1. The van der Waals surface area contributed by atoms with Crippen molar-refractivity contribution in [2.24, 2.45) is 0 Å². The van der Waals surface area contributed by atoms with Crippen molar-refractivity contribution in [3.8, 4) is 0 Å². The van der Waals surface area contributed by atoms with Gasteiger partial charge in [0.15, 0.2) is 0 Å². The van der Waals surface area contributed by atoms with Crippen LogP contribution in [-0.4, -0.2) is 26.0 Å². The molecule has 3 aromatic rings. The van der Waals surface area contributed by atoms with Gasteiger partial charge in [-0.15, -0.1) is 0 Å². The summed E-state index contributed by atoms with van der Waals surface area (Å²) in [7, 11) is 4.11. The fourth-order valence-electron chi connectivity index (χ4n) is 3.66. The zero-order valence-electron chi connectivity index (χ0n) is 20.2. The standard InChI is InChI=1S/C28H34FN3OS/c1-4-7-27(31-34-26-16-14-24(29)15-17-26)28(33)30-20-23-10-5-8-21(18-23)12-13-22-9-6-11-25(19-22)32(2)3/h5-6,8-11,14-19,27,31H,4,7,12-13,20H2,1-3H3,(H,30,33). The maximum atomic E-state index is 13.1. The van der Waals surface area contributed by atoms with Gasteiger partial charge in [-0.2, -0.15) is 0 Å². The lowest BCUT2D eigenvalue weighted by atomic mass is 10.0. The number of aryl methyl sites for hydroxylation is 2. The van der Waals surface area contributed by atoms with Gasteiger partial charge in [0, 0.05) is 31.2 Å². The zero-order chi connectivity index (χ0) is 24.3. The second kappa shape index (κ2) is 13.2. The smallest absolute Gasteiger partial charge is 0.238 e. The summed E-state index contributed by atoms with van der Waals surface area (Å²) in [4.78, 5) is 15.8. The second-order valence-corrected chi connectivity index (χ2v) is 9.53. The first kappa shape index (κ1) is 25.8. The van der Waals surface area contributed by atoms with Crippen molar-refractivity contribution in [1.29, 1.82) is 0 Å². The lowest BCUT2D eigenvalue weighted by Crippen LogP contribution is -2.41. The molecule has 180 valence electrons. The van der Waals surface area contributed by atoms with Gasteiger partial charge in [-0.25, -0.2) is 9.11 Å². The third kappa shape index (κ3) is 8.19. The lowest BCUT2D eigenvalue weighted by molar-refractivity contribution is -0.123. The summed E-state index contributed by atoms with van der Waals surface area (Å²) in [5.41, 5.74) is 4.88. The van der Waals surface area contributed by atoms with Crippen LogP contribution in [0.1, 0.15) is 36.5 Å². The fourth-order valence-corrected chi connectivity index (χ4v) is 4.44. The van der Waals surface area contributed by atoms with E-state index >= 15 is 0 Å². The summed E-state index contributed by atoms with van der Waals surface area (Å²) in [5.74, 6) is -0.293. The van der Waals surface area contributed by atoms with Crippen LogP contribution in [0.5, 0.6) is 0 Å². The van der Waals surface area contributed by atoms with Crippen LogP contribution >= 0.6 is 11.9 Å². The van der Waals surface area contributed by atoms with E-state index in [9.17, 15) is 9.18 Å². The van der Waals surface area contributed by atoms with Crippen LogP contribution in [-0.2, 0) is 24.2 Å². The van der Waals surface area contributed by atoms with Crippen molar-refractivity contribution in [2.45, 2.75) is 50.1 Å². The number of nitrogens with zero attached hydrogens (tertiary/aromatic N) is 1. The Kier molecular flexibility index (Phi) is 9.98. The first-order valence-corrected chi connectivity index (χ1v) is 12.6. The summed E-state index contributed by atoms with van der Waals surface area (Å²) in [6.07, 6.45) is 3.54. The van der Waals surface area contributed by atoms with Crippen LogP contribution in [0, 0.1) is 5.82 Å². The minimum absolute atomic E-state index is 0.0256. The highest BCUT2D eigenvalue weighted by molar-refractivity contribution is 7.97. The Labute approximate surface area is 207 Å². The highest BCUT2D eigenvalue weighted by Gasteiger charge is 2.17. The molecule has 3 aromatic carbocycles. The molecule has 1 amide bonds. The fraction of sp³-hybridized carbons (Fsp3) is 0.321. The van der Waals surface area contributed by atoms with Crippen molar-refractivity contribution < 1.29 is 9.18 Å². The topological polar surface area (TPSA) is 44.4 Å². The van der Waals surface area contributed by atoms with Crippen LogP contribution in [0.2, 0.25) is 0 Å². The highest BCUT2D eigenvalue weighted by atomic mass is 32.2. The monoisotopic (exact) mass is 479 g/mol. The quantitative estimate of drug-likeness (QED) is 0.324. The average molecular weight is 480 g/mol. The van der Waals surface area contributed by atoms with Gasteiger partial charge < -0.3 is 10.2 Å². The third-order valence-corrected chi connectivity index (χ3v) is 6.52. The molecule has 3 rings (SSSR count). The maximum absolute atomic E-state index is 13.1. The number of nitrogens with one attached hydrogen (secondary N) is 2. The van der Waals surface area contributed by atoms with Crippen LogP contribution in [0.25, 0.3) is 0 Å². The molecule has 0 fully saturated rings. The van der Waals surface area contributed by atoms with Crippen LogP contribution < -0.4 is 14.9 Å². The number of rotatable bonds is 12. The van der Waals surface area contributed by atoms with Gasteiger partial charge in [0.2, 0.25) is 5.91 Å². The molecular formula is C28H34FN3OS. The average Bonchev–Trinajstić information content (AvgIpc) is 2.85. The Bertz CT molecular complexity index is 1060. The van der Waals surface area contributed by atoms with E-state index in [1.54, 1.807) is 12.1 Å². The van der Waals surface area contributed by atoms with Gasteiger partial charge in [-0.1, -0.05) is 49.7 Å². The molecule has 0 saturated carbocycles. The lowest BCUT2D eigenvalue weighted by Gasteiger charge is -2.17. The number of anilines is 1. The molecule has 0 aliphatic rings. The molecule has 0 heterocycles. The zero-order valence-corrected chi connectivity index (χ0v) is 21.0. The van der Waals surface area contributed by atoms with E-state index in [1.165, 1.54) is 40.9 Å². The van der Waals surface area contributed by atoms with Gasteiger partial charge in [0.05, 0.1) is 6.04 Å². The molecular weight excluding hydrogens is 445 g/mol. The number of benzene rings is 3. The minimum atomic E-state index is -0.313. The molecule has 0 aromatic heterocycles. The molecule has 0 aliphatic carbocycles. The Morgan fingerprint density at radius 2 is 1.59 bits per heavy atom. The maximum Gasteiger partial charge on any atom is 0.238 e.